The number of hydrogen-bond donors (Lipinski definition) is 14. The third kappa shape index (κ3) is 10.5. The lowest BCUT2D eigenvalue weighted by Gasteiger charge is -2.64. The summed E-state index contributed by atoms with van der Waals surface area (Å²) in [5, 5.41) is 153. The largest absolute Gasteiger partial charge is 0.394 e. The number of fused-ring (bicyclic) bond motifs is 5. The van der Waals surface area contributed by atoms with Gasteiger partial charge in [-0.25, -0.2) is 0 Å². The monoisotopic (exact) mass is 1050 g/mol. The molecule has 3 aliphatic carbocycles. The predicted molar refractivity (Wildman–Crippen MR) is 243 cm³/mol. The van der Waals surface area contributed by atoms with Gasteiger partial charge in [0, 0.05) is 5.92 Å². The quantitative estimate of drug-likeness (QED) is 0.0686. The summed E-state index contributed by atoms with van der Waals surface area (Å²) in [4.78, 5) is 0. The van der Waals surface area contributed by atoms with E-state index in [2.05, 4.69) is 26.8 Å². The van der Waals surface area contributed by atoms with Crippen molar-refractivity contribution in [1.29, 1.82) is 0 Å². The molecule has 0 radical (unpaired) electrons. The lowest BCUT2D eigenvalue weighted by molar-refractivity contribution is -0.404. The number of aliphatic hydroxyl groups excluding tert-OH is 14. The van der Waals surface area contributed by atoms with Crippen molar-refractivity contribution in [3.8, 4) is 0 Å². The van der Waals surface area contributed by atoms with Crippen LogP contribution in [0, 0.1) is 40.4 Å². The van der Waals surface area contributed by atoms with Crippen molar-refractivity contribution in [3.05, 3.63) is 12.2 Å². The molecule has 0 aromatic rings. The zero-order valence-corrected chi connectivity index (χ0v) is 41.5. The van der Waals surface area contributed by atoms with Gasteiger partial charge >= 0.3 is 0 Å². The lowest BCUT2D eigenvalue weighted by Crippen LogP contribution is -2.68. The molecule has 420 valence electrons. The molecule has 24 heteroatoms. The Hall–Kier alpha value is -1.22. The van der Waals surface area contributed by atoms with Crippen LogP contribution < -0.4 is 0 Å². The van der Waals surface area contributed by atoms with Gasteiger partial charge in [0.05, 0.1) is 58.0 Å². The Morgan fingerprint density at radius 3 is 1.89 bits per heavy atom. The fourth-order valence-electron chi connectivity index (χ4n) is 14.5. The first-order chi connectivity index (χ1) is 34.7. The molecule has 8 fully saturated rings. The summed E-state index contributed by atoms with van der Waals surface area (Å²) >= 11 is 0. The maximum Gasteiger partial charge on any atom is 0.190 e. The average molecular weight is 1050 g/mol. The van der Waals surface area contributed by atoms with Crippen LogP contribution in [0.4, 0.5) is 0 Å². The molecular formula is C49H80O24. The fourth-order valence-corrected chi connectivity index (χ4v) is 14.5. The van der Waals surface area contributed by atoms with Gasteiger partial charge in [-0.1, -0.05) is 26.8 Å². The molecule has 3 saturated carbocycles. The van der Waals surface area contributed by atoms with E-state index in [1.54, 1.807) is 0 Å². The Bertz CT molecular complexity index is 1850. The van der Waals surface area contributed by atoms with Crippen LogP contribution >= 0.6 is 0 Å². The first kappa shape index (κ1) is 56.5. The summed E-state index contributed by atoms with van der Waals surface area (Å²) < 4.78 is 60.1. The topological polar surface area (TPSA) is 376 Å². The van der Waals surface area contributed by atoms with Gasteiger partial charge < -0.3 is 119 Å². The average Bonchev–Trinajstić information content (AvgIpc) is 3.37. The molecule has 9 rings (SSSR count). The molecule has 9 aliphatic rings. The van der Waals surface area contributed by atoms with Crippen molar-refractivity contribution in [2.24, 2.45) is 40.4 Å². The second-order valence-corrected chi connectivity index (χ2v) is 22.9. The van der Waals surface area contributed by atoms with Gasteiger partial charge in [-0.05, 0) is 91.9 Å². The summed E-state index contributed by atoms with van der Waals surface area (Å²) in [7, 11) is 0. The second kappa shape index (κ2) is 22.5. The van der Waals surface area contributed by atoms with Crippen LogP contribution in [0.1, 0.15) is 72.1 Å². The van der Waals surface area contributed by atoms with Crippen LogP contribution in [-0.4, -0.2) is 252 Å². The van der Waals surface area contributed by atoms with Gasteiger partial charge in [-0.3, -0.25) is 0 Å². The number of aliphatic hydroxyl groups is 14. The SMILES string of the molecule is C[C@H]1C[C@]2(C)CC[C@@H]3[C@H](CC[C@@H]4C[C@H](O[C@H]5O[C@@H](CO)[C@H](O[C@H]6O[C@@H](CO)[C@H](O)[C@@H](O[C@H]7OC[C@H](O)[C@@H](O)[C@@H]7O)[C@@H]6O[C@H]6O[C@@H](CO)[C@H](O)[C@@H](O)[C@@H]6O)[C@@H](O)[C@@H]5O)[C@@H](O)C[C@]43C)[C@H]2[C@@H](O)CO[C@@]12C=CCCO2. The molecule has 6 aliphatic heterocycles. The van der Waals surface area contributed by atoms with E-state index in [9.17, 15) is 71.5 Å². The van der Waals surface area contributed by atoms with E-state index >= 15 is 0 Å². The van der Waals surface area contributed by atoms with Crippen molar-refractivity contribution in [3.63, 3.8) is 0 Å². The highest BCUT2D eigenvalue weighted by atomic mass is 16.8. The number of hydrogen-bond acceptors (Lipinski definition) is 24. The van der Waals surface area contributed by atoms with Gasteiger partial charge in [0.25, 0.3) is 0 Å². The summed E-state index contributed by atoms with van der Waals surface area (Å²) in [5.41, 5.74) is -0.500. The van der Waals surface area contributed by atoms with Crippen LogP contribution in [0.3, 0.4) is 0 Å². The summed E-state index contributed by atoms with van der Waals surface area (Å²) in [6.45, 7) is 4.23. The lowest BCUT2D eigenvalue weighted by atomic mass is 9.43. The van der Waals surface area contributed by atoms with E-state index in [1.807, 2.05) is 6.08 Å². The Balaban J connectivity index is 0.897. The molecule has 0 aromatic carbocycles. The molecule has 24 nitrogen and oxygen atoms in total. The first-order valence-electron chi connectivity index (χ1n) is 26.2. The smallest absolute Gasteiger partial charge is 0.190 e. The van der Waals surface area contributed by atoms with Gasteiger partial charge in [0.1, 0.15) is 91.6 Å². The summed E-state index contributed by atoms with van der Waals surface area (Å²) in [6.07, 6.45) is -26.8. The van der Waals surface area contributed by atoms with E-state index in [4.69, 9.17) is 47.4 Å². The normalized spacial score (nSPS) is 55.7. The minimum atomic E-state index is -2.03. The number of ether oxygens (including phenoxy) is 10. The van der Waals surface area contributed by atoms with Crippen LogP contribution in [0.25, 0.3) is 0 Å². The fraction of sp³-hybridized carbons (Fsp3) is 0.959. The molecule has 30 atom stereocenters. The predicted octanol–water partition coefficient (Wildman–Crippen LogP) is -4.41. The van der Waals surface area contributed by atoms with Crippen molar-refractivity contribution < 1.29 is 119 Å². The highest BCUT2D eigenvalue weighted by Gasteiger charge is 2.63. The Morgan fingerprint density at radius 2 is 1.19 bits per heavy atom. The summed E-state index contributed by atoms with van der Waals surface area (Å²) in [5.74, 6) is -0.393. The van der Waals surface area contributed by atoms with E-state index in [-0.39, 0.29) is 47.0 Å². The van der Waals surface area contributed by atoms with Gasteiger partial charge in [0.2, 0.25) is 0 Å². The first-order valence-corrected chi connectivity index (χ1v) is 26.2. The van der Waals surface area contributed by atoms with Crippen molar-refractivity contribution >= 4 is 0 Å². The van der Waals surface area contributed by atoms with Crippen molar-refractivity contribution in [2.75, 3.05) is 39.6 Å². The van der Waals surface area contributed by atoms with Crippen LogP contribution in [0.15, 0.2) is 12.2 Å². The van der Waals surface area contributed by atoms with Gasteiger partial charge in [-0.2, -0.15) is 0 Å². The van der Waals surface area contributed by atoms with Crippen molar-refractivity contribution in [1.82, 2.24) is 0 Å². The standard InChI is InChI=1S/C49H80O24/c1-20-13-47(2)10-8-23-22(31(47)25(54)19-66-49(20)9-4-5-11-65-49)7-6-21-12-27(24(53)14-48(21,23)3)67-44-39(63)36(60)40(30(17-52)70-44)71-46-42(73-45-38(62)35(59)33(57)28(15-50)68-45)41(34(58)29(16-51)69-46)72-43-37(61)32(56)26(55)18-64-43/h4,9,20-46,50-63H,5-8,10-19H2,1-3H3/t20-,21+,22-,23+,24-,25-,26-,27-,28-,29-,30-,31-,32+,33-,34-,35+,36-,37-,38-,39-,40-,41+,42-,43+,44-,45+,46+,47-,48+,49-/m0/s1. The zero-order valence-electron chi connectivity index (χ0n) is 41.5. The zero-order chi connectivity index (χ0) is 52.5. The van der Waals surface area contributed by atoms with Crippen LogP contribution in [0.2, 0.25) is 0 Å². The minimum absolute atomic E-state index is 0.0326. The molecule has 6 heterocycles. The van der Waals surface area contributed by atoms with Gasteiger partial charge in [-0.15, -0.1) is 0 Å². The molecule has 14 N–H and O–H groups in total. The molecule has 73 heavy (non-hydrogen) atoms. The van der Waals surface area contributed by atoms with Crippen LogP contribution in [-0.2, 0) is 47.4 Å². The minimum Gasteiger partial charge on any atom is -0.394 e. The molecule has 0 aromatic heterocycles. The number of rotatable bonds is 11. The Kier molecular flexibility index (Phi) is 17.4. The van der Waals surface area contributed by atoms with E-state index < -0.39 is 167 Å². The molecule has 0 bridgehead atoms. The maximum absolute atomic E-state index is 12.0. The Morgan fingerprint density at radius 1 is 0.562 bits per heavy atom. The third-order valence-corrected chi connectivity index (χ3v) is 18.5. The van der Waals surface area contributed by atoms with Crippen molar-refractivity contribution in [2.45, 2.75) is 213 Å². The molecule has 0 amide bonds. The van der Waals surface area contributed by atoms with E-state index in [0.29, 0.717) is 19.4 Å². The second-order valence-electron chi connectivity index (χ2n) is 22.9. The summed E-state index contributed by atoms with van der Waals surface area (Å²) in [6, 6.07) is 0. The molecule has 0 unspecified atom stereocenters. The third-order valence-electron chi connectivity index (χ3n) is 18.5. The molecule has 5 saturated heterocycles. The van der Waals surface area contributed by atoms with E-state index in [1.165, 1.54) is 0 Å². The molecular weight excluding hydrogens is 973 g/mol. The van der Waals surface area contributed by atoms with Gasteiger partial charge in [0.15, 0.2) is 30.9 Å². The van der Waals surface area contributed by atoms with E-state index in [0.717, 1.165) is 38.5 Å². The molecule has 1 spiro atoms. The maximum atomic E-state index is 12.0. The van der Waals surface area contributed by atoms with Crippen LogP contribution in [0.5, 0.6) is 0 Å². The highest BCUT2D eigenvalue weighted by molar-refractivity contribution is 5.12. The Labute approximate surface area is 423 Å². The highest BCUT2D eigenvalue weighted by Crippen LogP contribution is 2.65.